The van der Waals surface area contributed by atoms with Crippen molar-refractivity contribution in [2.75, 3.05) is 0 Å². The summed E-state index contributed by atoms with van der Waals surface area (Å²) < 4.78 is 0. The fraction of sp³-hybridized carbons (Fsp3) is 0.600. The van der Waals surface area contributed by atoms with Crippen molar-refractivity contribution in [3.05, 3.63) is 21.9 Å². The van der Waals surface area contributed by atoms with Gasteiger partial charge in [-0.05, 0) is 37.3 Å². The number of carbonyl (C=O) groups excluding carboxylic acids is 1. The first-order valence-corrected chi connectivity index (χ1v) is 7.85. The van der Waals surface area contributed by atoms with Gasteiger partial charge >= 0.3 is 5.97 Å². The highest BCUT2D eigenvalue weighted by Gasteiger charge is 2.37. The van der Waals surface area contributed by atoms with Crippen molar-refractivity contribution in [1.29, 1.82) is 0 Å². The summed E-state index contributed by atoms with van der Waals surface area (Å²) in [5, 5.41) is 11.9. The van der Waals surface area contributed by atoms with Gasteiger partial charge in [0.15, 0.2) is 0 Å². The summed E-state index contributed by atoms with van der Waals surface area (Å²) in [6, 6.07) is 4.05. The van der Waals surface area contributed by atoms with Gasteiger partial charge in [0.05, 0.1) is 13.0 Å². The number of amides is 1. The first-order chi connectivity index (χ1) is 9.49. The topological polar surface area (TPSA) is 66.4 Å². The second-order valence-corrected chi connectivity index (χ2v) is 7.12. The van der Waals surface area contributed by atoms with E-state index in [-0.39, 0.29) is 17.7 Å². The first kappa shape index (κ1) is 15.0. The number of rotatable bonds is 6. The van der Waals surface area contributed by atoms with Gasteiger partial charge in [-0.1, -0.05) is 12.8 Å². The number of hydrogen-bond donors (Lipinski definition) is 2. The molecule has 110 valence electrons. The number of hydrogen-bond acceptors (Lipinski definition) is 3. The third-order valence-electron chi connectivity index (χ3n) is 3.98. The Labute approximate surface area is 123 Å². The summed E-state index contributed by atoms with van der Waals surface area (Å²) in [6.07, 6.45) is 4.22. The molecule has 4 nitrogen and oxygen atoms in total. The van der Waals surface area contributed by atoms with Gasteiger partial charge in [0.2, 0.25) is 5.91 Å². The monoisotopic (exact) mass is 295 g/mol. The van der Waals surface area contributed by atoms with Crippen molar-refractivity contribution in [2.45, 2.75) is 52.0 Å². The average Bonchev–Trinajstić information content (AvgIpc) is 2.95. The predicted molar refractivity (Wildman–Crippen MR) is 78.7 cm³/mol. The minimum absolute atomic E-state index is 0.0285. The summed E-state index contributed by atoms with van der Waals surface area (Å²) in [6.45, 7) is 2.58. The van der Waals surface area contributed by atoms with Crippen LogP contribution in [0, 0.1) is 12.3 Å². The second-order valence-electron chi connectivity index (χ2n) is 5.74. The van der Waals surface area contributed by atoms with Crippen molar-refractivity contribution < 1.29 is 14.7 Å². The lowest BCUT2D eigenvalue weighted by Crippen LogP contribution is -2.31. The minimum Gasteiger partial charge on any atom is -0.481 e. The summed E-state index contributed by atoms with van der Waals surface area (Å²) in [5.41, 5.74) is -0.318. The van der Waals surface area contributed by atoms with E-state index in [0.717, 1.165) is 30.6 Å². The Kier molecular flexibility index (Phi) is 4.81. The molecule has 1 aliphatic rings. The second kappa shape index (κ2) is 6.39. The van der Waals surface area contributed by atoms with Crippen LogP contribution in [0.25, 0.3) is 0 Å². The van der Waals surface area contributed by atoms with Gasteiger partial charge in [-0.15, -0.1) is 11.3 Å². The predicted octanol–water partition coefficient (Wildman–Crippen LogP) is 3.10. The van der Waals surface area contributed by atoms with Crippen molar-refractivity contribution >= 4 is 23.2 Å². The van der Waals surface area contributed by atoms with Crippen LogP contribution in [0.2, 0.25) is 0 Å². The van der Waals surface area contributed by atoms with E-state index in [2.05, 4.69) is 5.32 Å². The van der Waals surface area contributed by atoms with Gasteiger partial charge in [-0.3, -0.25) is 9.59 Å². The molecule has 2 N–H and O–H groups in total. The molecule has 1 fully saturated rings. The maximum atomic E-state index is 12.1. The van der Waals surface area contributed by atoms with Crippen LogP contribution in [0.5, 0.6) is 0 Å². The molecule has 0 unspecified atom stereocenters. The van der Waals surface area contributed by atoms with E-state index in [4.69, 9.17) is 5.11 Å². The lowest BCUT2D eigenvalue weighted by molar-refractivity contribution is -0.140. The van der Waals surface area contributed by atoms with Gasteiger partial charge < -0.3 is 10.4 Å². The zero-order valence-electron chi connectivity index (χ0n) is 11.8. The van der Waals surface area contributed by atoms with E-state index in [1.807, 2.05) is 19.1 Å². The number of carbonyl (C=O) groups is 2. The molecule has 1 heterocycles. The molecule has 0 saturated heterocycles. The van der Waals surface area contributed by atoms with Gasteiger partial charge in [0.1, 0.15) is 0 Å². The maximum Gasteiger partial charge on any atom is 0.303 e. The van der Waals surface area contributed by atoms with Crippen LogP contribution in [0.3, 0.4) is 0 Å². The smallest absolute Gasteiger partial charge is 0.303 e. The number of carboxylic acids is 1. The molecule has 5 heteroatoms. The van der Waals surface area contributed by atoms with Crippen LogP contribution >= 0.6 is 11.3 Å². The normalized spacial score (nSPS) is 17.1. The van der Waals surface area contributed by atoms with E-state index < -0.39 is 5.97 Å². The van der Waals surface area contributed by atoms with E-state index in [0.29, 0.717) is 13.0 Å². The van der Waals surface area contributed by atoms with E-state index in [1.54, 1.807) is 11.3 Å². The molecule has 0 bridgehead atoms. The minimum atomic E-state index is -0.798. The highest BCUT2D eigenvalue weighted by Crippen LogP contribution is 2.44. The third-order valence-corrected chi connectivity index (χ3v) is 4.98. The number of aliphatic carboxylic acids is 1. The highest BCUT2D eigenvalue weighted by atomic mass is 32.1. The molecular weight excluding hydrogens is 274 g/mol. The molecule has 0 radical (unpaired) electrons. The van der Waals surface area contributed by atoms with Gasteiger partial charge in [-0.25, -0.2) is 0 Å². The fourth-order valence-electron chi connectivity index (χ4n) is 3.03. The molecule has 0 spiro atoms. The molecule has 0 aromatic carbocycles. The van der Waals surface area contributed by atoms with Crippen LogP contribution in [0.15, 0.2) is 12.1 Å². The first-order valence-electron chi connectivity index (χ1n) is 7.03. The Morgan fingerprint density at radius 2 is 2.00 bits per heavy atom. The average molecular weight is 295 g/mol. The molecule has 1 aromatic heterocycles. The lowest BCUT2D eigenvalue weighted by Gasteiger charge is -2.26. The van der Waals surface area contributed by atoms with Gasteiger partial charge in [0, 0.05) is 16.2 Å². The van der Waals surface area contributed by atoms with Gasteiger partial charge in [-0.2, -0.15) is 0 Å². The Morgan fingerprint density at radius 1 is 1.30 bits per heavy atom. The Bertz CT molecular complexity index is 489. The Balaban J connectivity index is 1.87. The molecule has 0 atom stereocenters. The van der Waals surface area contributed by atoms with Crippen molar-refractivity contribution in [3.8, 4) is 0 Å². The SMILES string of the molecule is Cc1ccc(CNC(=O)CC2(CC(=O)O)CCCC2)s1. The van der Waals surface area contributed by atoms with Crippen LogP contribution in [0.1, 0.15) is 48.3 Å². The molecule has 0 aliphatic heterocycles. The Morgan fingerprint density at radius 3 is 2.55 bits per heavy atom. The Hall–Kier alpha value is -1.36. The van der Waals surface area contributed by atoms with Gasteiger partial charge in [0.25, 0.3) is 0 Å². The fourth-order valence-corrected chi connectivity index (χ4v) is 3.86. The quantitative estimate of drug-likeness (QED) is 0.847. The van der Waals surface area contributed by atoms with Crippen LogP contribution in [0.4, 0.5) is 0 Å². The van der Waals surface area contributed by atoms with Crippen molar-refractivity contribution in [2.24, 2.45) is 5.41 Å². The zero-order valence-corrected chi connectivity index (χ0v) is 12.6. The number of aryl methyl sites for hydroxylation is 1. The van der Waals surface area contributed by atoms with Crippen molar-refractivity contribution in [3.63, 3.8) is 0 Å². The number of nitrogens with one attached hydrogen (secondary N) is 1. The van der Waals surface area contributed by atoms with E-state index in [1.165, 1.54) is 4.88 Å². The molecule has 1 aliphatic carbocycles. The van der Waals surface area contributed by atoms with E-state index in [9.17, 15) is 9.59 Å². The molecule has 1 amide bonds. The third kappa shape index (κ3) is 4.07. The van der Waals surface area contributed by atoms with E-state index >= 15 is 0 Å². The number of thiophene rings is 1. The van der Waals surface area contributed by atoms with Crippen LogP contribution in [-0.4, -0.2) is 17.0 Å². The highest BCUT2D eigenvalue weighted by molar-refractivity contribution is 7.11. The van der Waals surface area contributed by atoms with Crippen LogP contribution in [-0.2, 0) is 16.1 Å². The molecule has 1 saturated carbocycles. The standard InChI is InChI=1S/C15H21NO3S/c1-11-4-5-12(20-11)10-16-13(17)8-15(9-14(18)19)6-2-3-7-15/h4-5H,2-3,6-10H2,1H3,(H,16,17)(H,18,19). The summed E-state index contributed by atoms with van der Waals surface area (Å²) >= 11 is 1.67. The lowest BCUT2D eigenvalue weighted by atomic mass is 9.79. The number of carboxylic acid groups (broad SMARTS) is 1. The summed E-state index contributed by atoms with van der Waals surface area (Å²) in [5.74, 6) is -0.826. The molecule has 20 heavy (non-hydrogen) atoms. The molecular formula is C15H21NO3S. The largest absolute Gasteiger partial charge is 0.481 e. The van der Waals surface area contributed by atoms with Crippen LogP contribution < -0.4 is 5.32 Å². The zero-order chi connectivity index (χ0) is 14.6. The van der Waals surface area contributed by atoms with Crippen molar-refractivity contribution in [1.82, 2.24) is 5.32 Å². The molecule has 2 rings (SSSR count). The molecule has 1 aromatic rings. The maximum absolute atomic E-state index is 12.1. The summed E-state index contributed by atoms with van der Waals surface area (Å²) in [7, 11) is 0. The summed E-state index contributed by atoms with van der Waals surface area (Å²) in [4.78, 5) is 25.4.